The predicted molar refractivity (Wildman–Crippen MR) is 79.0 cm³/mol. The summed E-state index contributed by atoms with van der Waals surface area (Å²) >= 11 is 0. The van der Waals surface area contributed by atoms with Crippen LogP contribution in [0.3, 0.4) is 0 Å². The van der Waals surface area contributed by atoms with Crippen LogP contribution in [0, 0.1) is 0 Å². The van der Waals surface area contributed by atoms with Crippen LogP contribution in [0.5, 0.6) is 0 Å². The molecule has 18 heavy (non-hydrogen) atoms. The fourth-order valence-corrected chi connectivity index (χ4v) is 4.15. The number of nitrogens with zero attached hydrogens (tertiary/aromatic N) is 1. The molecule has 106 valence electrons. The molecule has 0 aromatic heterocycles. The lowest BCUT2D eigenvalue weighted by atomic mass is 9.88. The molecule has 0 amide bonds. The van der Waals surface area contributed by atoms with E-state index in [9.17, 15) is 0 Å². The molecular weight excluding hydrogens is 220 g/mol. The lowest BCUT2D eigenvalue weighted by molar-refractivity contribution is 0.102. The molecule has 1 unspecified atom stereocenters. The van der Waals surface area contributed by atoms with Crippen LogP contribution >= 0.6 is 0 Å². The zero-order chi connectivity index (χ0) is 13.2. The van der Waals surface area contributed by atoms with E-state index < -0.39 is 0 Å². The van der Waals surface area contributed by atoms with Gasteiger partial charge in [0.2, 0.25) is 0 Å². The zero-order valence-corrected chi connectivity index (χ0v) is 12.8. The standard InChI is InChI=1S/C16H32N2/c1-5-6-11-18-13(2)12-16(3,4)17-14-9-7-8-10-15(14)18/h13-15,17H,5-12H2,1-4H3/t13?,14-,15+/m1/s1. The van der Waals surface area contributed by atoms with Gasteiger partial charge in [0.25, 0.3) is 0 Å². The molecule has 3 atom stereocenters. The van der Waals surface area contributed by atoms with E-state index in [1.807, 2.05) is 0 Å². The van der Waals surface area contributed by atoms with Crippen LogP contribution in [0.4, 0.5) is 0 Å². The van der Waals surface area contributed by atoms with Gasteiger partial charge < -0.3 is 5.32 Å². The van der Waals surface area contributed by atoms with Crippen molar-refractivity contribution < 1.29 is 0 Å². The monoisotopic (exact) mass is 252 g/mol. The second-order valence-corrected chi connectivity index (χ2v) is 7.13. The Morgan fingerprint density at radius 3 is 2.67 bits per heavy atom. The molecule has 1 saturated heterocycles. The summed E-state index contributed by atoms with van der Waals surface area (Å²) in [6.07, 6.45) is 9.58. The van der Waals surface area contributed by atoms with Crippen LogP contribution in [0.2, 0.25) is 0 Å². The molecule has 2 fully saturated rings. The molecule has 2 rings (SSSR count). The molecule has 1 saturated carbocycles. The Labute approximate surface area is 114 Å². The molecule has 1 aliphatic heterocycles. The highest BCUT2D eigenvalue weighted by atomic mass is 15.2. The fourth-order valence-electron chi connectivity index (χ4n) is 4.15. The molecule has 1 aliphatic carbocycles. The van der Waals surface area contributed by atoms with Crippen LogP contribution in [0.25, 0.3) is 0 Å². The third-order valence-corrected chi connectivity index (χ3v) is 4.87. The first-order chi connectivity index (χ1) is 8.53. The molecule has 1 heterocycles. The lowest BCUT2D eigenvalue weighted by Crippen LogP contribution is -2.53. The molecule has 0 aromatic rings. The van der Waals surface area contributed by atoms with Crippen molar-refractivity contribution >= 4 is 0 Å². The highest BCUT2D eigenvalue weighted by Gasteiger charge is 2.39. The first kappa shape index (κ1) is 14.3. The van der Waals surface area contributed by atoms with Crippen LogP contribution in [0.15, 0.2) is 0 Å². The van der Waals surface area contributed by atoms with Gasteiger partial charge in [0.1, 0.15) is 0 Å². The van der Waals surface area contributed by atoms with Crippen molar-refractivity contribution in [2.24, 2.45) is 0 Å². The van der Waals surface area contributed by atoms with Crippen LogP contribution in [-0.4, -0.2) is 35.1 Å². The maximum Gasteiger partial charge on any atom is 0.0252 e. The third kappa shape index (κ3) is 3.27. The fraction of sp³-hybridized carbons (Fsp3) is 1.00. The van der Waals surface area contributed by atoms with Crippen molar-refractivity contribution in [1.82, 2.24) is 10.2 Å². The Kier molecular flexibility index (Phi) is 4.71. The van der Waals surface area contributed by atoms with Crippen LogP contribution in [-0.2, 0) is 0 Å². The van der Waals surface area contributed by atoms with Gasteiger partial charge in [-0.25, -0.2) is 0 Å². The summed E-state index contributed by atoms with van der Waals surface area (Å²) in [6, 6.07) is 2.25. The number of hydrogen-bond donors (Lipinski definition) is 1. The minimum atomic E-state index is 0.306. The van der Waals surface area contributed by atoms with Crippen molar-refractivity contribution in [2.75, 3.05) is 6.54 Å². The van der Waals surface area contributed by atoms with Crippen molar-refractivity contribution in [3.8, 4) is 0 Å². The van der Waals surface area contributed by atoms with Gasteiger partial charge in [0.15, 0.2) is 0 Å². The summed E-state index contributed by atoms with van der Waals surface area (Å²) in [7, 11) is 0. The third-order valence-electron chi connectivity index (χ3n) is 4.87. The summed E-state index contributed by atoms with van der Waals surface area (Å²) in [5, 5.41) is 3.95. The Morgan fingerprint density at radius 2 is 1.94 bits per heavy atom. The van der Waals surface area contributed by atoms with Crippen molar-refractivity contribution in [1.29, 1.82) is 0 Å². The van der Waals surface area contributed by atoms with Gasteiger partial charge >= 0.3 is 0 Å². The number of rotatable bonds is 3. The maximum atomic E-state index is 3.95. The first-order valence-corrected chi connectivity index (χ1v) is 8.07. The van der Waals surface area contributed by atoms with Crippen molar-refractivity contribution in [2.45, 2.75) is 96.3 Å². The molecular formula is C16H32N2. The summed E-state index contributed by atoms with van der Waals surface area (Å²) in [5.74, 6) is 0. The zero-order valence-electron chi connectivity index (χ0n) is 12.8. The highest BCUT2D eigenvalue weighted by Crippen LogP contribution is 2.32. The van der Waals surface area contributed by atoms with Gasteiger partial charge in [-0.1, -0.05) is 26.2 Å². The maximum absolute atomic E-state index is 3.95. The summed E-state index contributed by atoms with van der Waals surface area (Å²) in [4.78, 5) is 2.83. The molecule has 2 nitrogen and oxygen atoms in total. The molecule has 0 bridgehead atoms. The number of fused-ring (bicyclic) bond motifs is 1. The largest absolute Gasteiger partial charge is 0.307 e. The van der Waals surface area contributed by atoms with Gasteiger partial charge in [0, 0.05) is 23.7 Å². The summed E-state index contributed by atoms with van der Waals surface area (Å²) in [6.45, 7) is 10.8. The normalized spacial score (nSPS) is 37.0. The number of unbranched alkanes of at least 4 members (excludes halogenated alkanes) is 1. The Balaban J connectivity index is 2.14. The molecule has 2 aliphatic rings. The molecule has 2 heteroatoms. The van der Waals surface area contributed by atoms with E-state index in [4.69, 9.17) is 0 Å². The highest BCUT2D eigenvalue weighted by molar-refractivity contribution is 4.99. The second kappa shape index (κ2) is 5.92. The van der Waals surface area contributed by atoms with Crippen LogP contribution < -0.4 is 5.32 Å². The van der Waals surface area contributed by atoms with Gasteiger partial charge in [-0.3, -0.25) is 4.90 Å². The smallest absolute Gasteiger partial charge is 0.0252 e. The van der Waals surface area contributed by atoms with Crippen LogP contribution in [0.1, 0.15) is 72.6 Å². The number of nitrogens with one attached hydrogen (secondary N) is 1. The lowest BCUT2D eigenvalue weighted by Gasteiger charge is -2.41. The Bertz CT molecular complexity index is 262. The van der Waals surface area contributed by atoms with Gasteiger partial charge in [-0.05, 0) is 53.0 Å². The Hall–Kier alpha value is -0.0800. The van der Waals surface area contributed by atoms with Crippen molar-refractivity contribution in [3.63, 3.8) is 0 Å². The van der Waals surface area contributed by atoms with Gasteiger partial charge in [-0.15, -0.1) is 0 Å². The predicted octanol–water partition coefficient (Wildman–Crippen LogP) is 3.56. The quantitative estimate of drug-likeness (QED) is 0.826. The van der Waals surface area contributed by atoms with E-state index in [0.717, 1.165) is 18.1 Å². The molecule has 0 spiro atoms. The summed E-state index contributed by atoms with van der Waals surface area (Å²) < 4.78 is 0. The Morgan fingerprint density at radius 1 is 1.22 bits per heavy atom. The molecule has 0 aromatic carbocycles. The van der Waals surface area contributed by atoms with E-state index in [1.54, 1.807) is 0 Å². The van der Waals surface area contributed by atoms with E-state index in [1.165, 1.54) is 51.5 Å². The number of hydrogen-bond acceptors (Lipinski definition) is 2. The van der Waals surface area contributed by atoms with E-state index >= 15 is 0 Å². The van der Waals surface area contributed by atoms with Gasteiger partial charge in [0.05, 0.1) is 0 Å². The molecule has 0 radical (unpaired) electrons. The topological polar surface area (TPSA) is 15.3 Å². The van der Waals surface area contributed by atoms with E-state index in [-0.39, 0.29) is 0 Å². The molecule has 1 N–H and O–H groups in total. The van der Waals surface area contributed by atoms with Gasteiger partial charge in [-0.2, -0.15) is 0 Å². The minimum absolute atomic E-state index is 0.306. The average Bonchev–Trinajstić information content (AvgIpc) is 2.39. The minimum Gasteiger partial charge on any atom is -0.307 e. The van der Waals surface area contributed by atoms with E-state index in [0.29, 0.717) is 5.54 Å². The second-order valence-electron chi connectivity index (χ2n) is 7.13. The first-order valence-electron chi connectivity index (χ1n) is 8.07. The average molecular weight is 252 g/mol. The summed E-state index contributed by atoms with van der Waals surface area (Å²) in [5.41, 5.74) is 0.306. The van der Waals surface area contributed by atoms with Crippen molar-refractivity contribution in [3.05, 3.63) is 0 Å². The van der Waals surface area contributed by atoms with E-state index in [2.05, 4.69) is 37.9 Å². The SMILES string of the molecule is CCCCN1C(C)CC(C)(C)N[C@@H]2CCCC[C@@H]21.